The number of aromatic nitrogens is 1. The van der Waals surface area contributed by atoms with E-state index in [-0.39, 0.29) is 5.91 Å². The first-order valence-electron chi connectivity index (χ1n) is 5.78. The Morgan fingerprint density at radius 3 is 2.56 bits per heavy atom. The number of rotatable bonds is 1. The SMILES string of the molecule is Cc1oncc1C(=O)N1C[C@@H](C)C[C@H](C)C1. The van der Waals surface area contributed by atoms with Gasteiger partial charge in [-0.25, -0.2) is 0 Å². The molecule has 1 saturated heterocycles. The molecular formula is C12H18N2O2. The lowest BCUT2D eigenvalue weighted by atomic mass is 9.91. The van der Waals surface area contributed by atoms with Gasteiger partial charge in [-0.15, -0.1) is 0 Å². The molecule has 1 aromatic heterocycles. The molecule has 1 aromatic rings. The van der Waals surface area contributed by atoms with Crippen LogP contribution in [0.1, 0.15) is 36.4 Å². The zero-order valence-corrected chi connectivity index (χ0v) is 10.1. The Balaban J connectivity index is 2.13. The van der Waals surface area contributed by atoms with Gasteiger partial charge in [0, 0.05) is 13.1 Å². The molecule has 2 rings (SSSR count). The van der Waals surface area contributed by atoms with Crippen molar-refractivity contribution in [2.24, 2.45) is 11.8 Å². The monoisotopic (exact) mass is 222 g/mol. The lowest BCUT2D eigenvalue weighted by Gasteiger charge is -2.34. The van der Waals surface area contributed by atoms with Gasteiger partial charge in [0.25, 0.3) is 5.91 Å². The largest absolute Gasteiger partial charge is 0.361 e. The fourth-order valence-corrected chi connectivity index (χ4v) is 2.50. The van der Waals surface area contributed by atoms with Gasteiger partial charge in [0.2, 0.25) is 0 Å². The number of likely N-dealkylation sites (tertiary alicyclic amines) is 1. The van der Waals surface area contributed by atoms with Crippen LogP contribution < -0.4 is 0 Å². The highest BCUT2D eigenvalue weighted by Gasteiger charge is 2.27. The van der Waals surface area contributed by atoms with Crippen molar-refractivity contribution in [2.75, 3.05) is 13.1 Å². The van der Waals surface area contributed by atoms with Crippen LogP contribution in [0.25, 0.3) is 0 Å². The number of piperidine rings is 1. The molecule has 1 fully saturated rings. The zero-order valence-electron chi connectivity index (χ0n) is 10.1. The summed E-state index contributed by atoms with van der Waals surface area (Å²) in [7, 11) is 0. The molecule has 2 atom stereocenters. The number of aryl methyl sites for hydroxylation is 1. The Labute approximate surface area is 95.6 Å². The topological polar surface area (TPSA) is 46.3 Å². The molecule has 4 heteroatoms. The van der Waals surface area contributed by atoms with Crippen LogP contribution in [-0.4, -0.2) is 29.1 Å². The lowest BCUT2D eigenvalue weighted by molar-refractivity contribution is 0.0621. The van der Waals surface area contributed by atoms with E-state index in [1.54, 1.807) is 6.92 Å². The summed E-state index contributed by atoms with van der Waals surface area (Å²) in [6.07, 6.45) is 2.72. The number of amides is 1. The summed E-state index contributed by atoms with van der Waals surface area (Å²) in [5.41, 5.74) is 0.598. The van der Waals surface area contributed by atoms with Crippen molar-refractivity contribution < 1.29 is 9.32 Å². The van der Waals surface area contributed by atoms with Gasteiger partial charge in [0.15, 0.2) is 0 Å². The van der Waals surface area contributed by atoms with Crippen LogP contribution in [0, 0.1) is 18.8 Å². The molecule has 0 bridgehead atoms. The number of carbonyl (C=O) groups is 1. The molecule has 1 aliphatic heterocycles. The molecule has 2 heterocycles. The van der Waals surface area contributed by atoms with E-state index in [9.17, 15) is 4.79 Å². The van der Waals surface area contributed by atoms with E-state index >= 15 is 0 Å². The highest BCUT2D eigenvalue weighted by molar-refractivity contribution is 5.94. The highest BCUT2D eigenvalue weighted by Crippen LogP contribution is 2.23. The fraction of sp³-hybridized carbons (Fsp3) is 0.667. The average Bonchev–Trinajstić information content (AvgIpc) is 2.62. The molecule has 1 aliphatic rings. The third-order valence-corrected chi connectivity index (χ3v) is 3.14. The maximum atomic E-state index is 12.2. The summed E-state index contributed by atoms with van der Waals surface area (Å²) >= 11 is 0. The maximum absolute atomic E-state index is 12.2. The molecule has 0 spiro atoms. The van der Waals surface area contributed by atoms with Crippen LogP contribution in [0.5, 0.6) is 0 Å². The first kappa shape index (κ1) is 11.2. The van der Waals surface area contributed by atoms with E-state index in [0.29, 0.717) is 23.2 Å². The van der Waals surface area contributed by atoms with Gasteiger partial charge in [-0.2, -0.15) is 0 Å². The third-order valence-electron chi connectivity index (χ3n) is 3.14. The molecule has 0 aromatic carbocycles. The van der Waals surface area contributed by atoms with Crippen molar-refractivity contribution in [3.63, 3.8) is 0 Å². The Morgan fingerprint density at radius 2 is 2.06 bits per heavy atom. The Kier molecular flexibility index (Phi) is 2.99. The maximum Gasteiger partial charge on any atom is 0.259 e. The Hall–Kier alpha value is -1.32. The van der Waals surface area contributed by atoms with Crippen LogP contribution >= 0.6 is 0 Å². The van der Waals surface area contributed by atoms with E-state index in [1.165, 1.54) is 12.6 Å². The van der Waals surface area contributed by atoms with Crippen LogP contribution in [-0.2, 0) is 0 Å². The molecule has 4 nitrogen and oxygen atoms in total. The van der Waals surface area contributed by atoms with Crippen LogP contribution in [0.2, 0.25) is 0 Å². The Bertz CT molecular complexity index is 376. The molecule has 0 unspecified atom stereocenters. The number of carbonyl (C=O) groups excluding carboxylic acids is 1. The summed E-state index contributed by atoms with van der Waals surface area (Å²) in [4.78, 5) is 14.1. The Morgan fingerprint density at radius 1 is 1.44 bits per heavy atom. The molecule has 1 amide bonds. The highest BCUT2D eigenvalue weighted by atomic mass is 16.5. The zero-order chi connectivity index (χ0) is 11.7. The molecule has 0 aliphatic carbocycles. The summed E-state index contributed by atoms with van der Waals surface area (Å²) in [6, 6.07) is 0. The van der Waals surface area contributed by atoms with E-state index in [1.807, 2.05) is 4.90 Å². The average molecular weight is 222 g/mol. The summed E-state index contributed by atoms with van der Waals surface area (Å²) in [5.74, 6) is 1.81. The quantitative estimate of drug-likeness (QED) is 0.731. The van der Waals surface area contributed by atoms with E-state index in [4.69, 9.17) is 4.52 Å². The molecule has 0 radical (unpaired) electrons. The second-order valence-corrected chi connectivity index (χ2v) is 4.95. The summed E-state index contributed by atoms with van der Waals surface area (Å²) < 4.78 is 4.93. The van der Waals surface area contributed by atoms with E-state index in [0.717, 1.165) is 13.1 Å². The van der Waals surface area contributed by atoms with Crippen molar-refractivity contribution in [3.8, 4) is 0 Å². The van der Waals surface area contributed by atoms with Gasteiger partial charge >= 0.3 is 0 Å². The first-order valence-corrected chi connectivity index (χ1v) is 5.78. The van der Waals surface area contributed by atoms with Crippen molar-refractivity contribution in [1.29, 1.82) is 0 Å². The van der Waals surface area contributed by atoms with Crippen molar-refractivity contribution in [2.45, 2.75) is 27.2 Å². The molecule has 0 saturated carbocycles. The van der Waals surface area contributed by atoms with E-state index < -0.39 is 0 Å². The van der Waals surface area contributed by atoms with Crippen LogP contribution in [0.3, 0.4) is 0 Å². The molecular weight excluding hydrogens is 204 g/mol. The third kappa shape index (κ3) is 2.10. The summed E-state index contributed by atoms with van der Waals surface area (Å²) in [6.45, 7) is 7.84. The number of hydrogen-bond donors (Lipinski definition) is 0. The van der Waals surface area contributed by atoms with Gasteiger partial charge < -0.3 is 9.42 Å². The van der Waals surface area contributed by atoms with Gasteiger partial charge in [-0.05, 0) is 25.2 Å². The van der Waals surface area contributed by atoms with Gasteiger partial charge in [-0.3, -0.25) is 4.79 Å². The molecule has 88 valence electrons. The second kappa shape index (κ2) is 4.28. The predicted molar refractivity (Wildman–Crippen MR) is 60.1 cm³/mol. The van der Waals surface area contributed by atoms with E-state index in [2.05, 4.69) is 19.0 Å². The van der Waals surface area contributed by atoms with Crippen LogP contribution in [0.15, 0.2) is 10.7 Å². The molecule has 16 heavy (non-hydrogen) atoms. The van der Waals surface area contributed by atoms with Crippen molar-refractivity contribution in [1.82, 2.24) is 10.1 Å². The van der Waals surface area contributed by atoms with Crippen LogP contribution in [0.4, 0.5) is 0 Å². The second-order valence-electron chi connectivity index (χ2n) is 4.95. The number of hydrogen-bond acceptors (Lipinski definition) is 3. The predicted octanol–water partition coefficient (Wildman–Crippen LogP) is 2.10. The molecule has 0 N–H and O–H groups in total. The van der Waals surface area contributed by atoms with Crippen molar-refractivity contribution in [3.05, 3.63) is 17.5 Å². The minimum absolute atomic E-state index is 0.0529. The lowest BCUT2D eigenvalue weighted by Crippen LogP contribution is -2.42. The normalized spacial score (nSPS) is 25.8. The fourth-order valence-electron chi connectivity index (χ4n) is 2.50. The van der Waals surface area contributed by atoms with Crippen molar-refractivity contribution >= 4 is 5.91 Å². The minimum Gasteiger partial charge on any atom is -0.361 e. The minimum atomic E-state index is 0.0529. The summed E-state index contributed by atoms with van der Waals surface area (Å²) in [5, 5.41) is 3.65. The first-order chi connectivity index (χ1) is 7.58. The van der Waals surface area contributed by atoms with Gasteiger partial charge in [0.05, 0.1) is 6.20 Å². The standard InChI is InChI=1S/C12H18N2O2/c1-8-4-9(2)7-14(6-8)12(15)11-5-13-16-10(11)3/h5,8-9H,4,6-7H2,1-3H3/t8-,9-/m0/s1. The van der Waals surface area contributed by atoms with Gasteiger partial charge in [-0.1, -0.05) is 19.0 Å². The van der Waals surface area contributed by atoms with Gasteiger partial charge in [0.1, 0.15) is 11.3 Å². The number of nitrogens with zero attached hydrogens (tertiary/aromatic N) is 2. The smallest absolute Gasteiger partial charge is 0.259 e.